The average molecular weight is 346 g/mol. The SMILES string of the molecule is c1cc2c3c(c1)c(-c1ccnc(CCC4CCNCC4)n1)cn3CCC2. The minimum atomic E-state index is 0.821. The molecule has 4 heterocycles. The number of hydrogen-bond donors (Lipinski definition) is 1. The molecule has 2 aliphatic heterocycles. The average Bonchev–Trinajstić information content (AvgIpc) is 3.09. The molecule has 4 heteroatoms. The number of aryl methyl sites for hydroxylation is 3. The summed E-state index contributed by atoms with van der Waals surface area (Å²) in [5.41, 5.74) is 5.21. The van der Waals surface area contributed by atoms with E-state index in [2.05, 4.69) is 45.3 Å². The minimum Gasteiger partial charge on any atom is -0.347 e. The second-order valence-electron chi connectivity index (χ2n) is 7.74. The zero-order valence-corrected chi connectivity index (χ0v) is 15.2. The lowest BCUT2D eigenvalue weighted by Crippen LogP contribution is -2.28. The molecule has 0 amide bonds. The van der Waals surface area contributed by atoms with Crippen LogP contribution in [0.2, 0.25) is 0 Å². The van der Waals surface area contributed by atoms with Gasteiger partial charge in [-0.05, 0) is 62.7 Å². The first kappa shape index (κ1) is 16.0. The third-order valence-corrected chi connectivity index (χ3v) is 6.04. The topological polar surface area (TPSA) is 42.7 Å². The molecule has 134 valence electrons. The fourth-order valence-corrected chi connectivity index (χ4v) is 4.63. The molecule has 1 aromatic carbocycles. The Morgan fingerprint density at radius 2 is 2.08 bits per heavy atom. The van der Waals surface area contributed by atoms with Crippen molar-refractivity contribution in [3.05, 3.63) is 48.0 Å². The van der Waals surface area contributed by atoms with Gasteiger partial charge < -0.3 is 9.88 Å². The molecule has 3 aromatic rings. The summed E-state index contributed by atoms with van der Waals surface area (Å²) in [6.07, 6.45) is 11.4. The molecule has 5 rings (SSSR count). The summed E-state index contributed by atoms with van der Waals surface area (Å²) in [5.74, 6) is 1.81. The zero-order chi connectivity index (χ0) is 17.3. The molecule has 0 saturated carbocycles. The number of nitrogens with zero attached hydrogens (tertiary/aromatic N) is 3. The number of aromatic nitrogens is 3. The van der Waals surface area contributed by atoms with Crippen molar-refractivity contribution in [1.29, 1.82) is 0 Å². The standard InChI is InChI=1S/C22H26N4/c1-3-17-4-2-14-26-15-19(18(5-1)22(17)26)20-10-13-24-21(25-20)7-6-16-8-11-23-12-9-16/h1,3,5,10,13,15-16,23H,2,4,6-9,11-12,14H2. The van der Waals surface area contributed by atoms with E-state index in [1.165, 1.54) is 54.1 Å². The Hall–Kier alpha value is -2.20. The van der Waals surface area contributed by atoms with Crippen molar-refractivity contribution >= 4 is 10.9 Å². The van der Waals surface area contributed by atoms with Crippen LogP contribution in [-0.2, 0) is 19.4 Å². The summed E-state index contributed by atoms with van der Waals surface area (Å²) in [4.78, 5) is 9.49. The van der Waals surface area contributed by atoms with Crippen LogP contribution in [-0.4, -0.2) is 27.6 Å². The number of hydrogen-bond acceptors (Lipinski definition) is 3. The summed E-state index contributed by atoms with van der Waals surface area (Å²) in [6.45, 7) is 3.43. The Bertz CT molecular complexity index is 921. The lowest BCUT2D eigenvalue weighted by molar-refractivity contribution is 0.352. The Morgan fingerprint density at radius 3 is 3.00 bits per heavy atom. The molecule has 2 aromatic heterocycles. The van der Waals surface area contributed by atoms with E-state index < -0.39 is 0 Å². The maximum Gasteiger partial charge on any atom is 0.128 e. The maximum atomic E-state index is 4.94. The third kappa shape index (κ3) is 2.92. The summed E-state index contributed by atoms with van der Waals surface area (Å²) in [5, 5.41) is 4.78. The normalized spacial score (nSPS) is 17.7. The number of para-hydroxylation sites is 1. The van der Waals surface area contributed by atoms with Crippen LogP contribution in [0.1, 0.15) is 37.1 Å². The number of rotatable bonds is 4. The first-order chi connectivity index (χ1) is 12.9. The van der Waals surface area contributed by atoms with Gasteiger partial charge in [-0.15, -0.1) is 0 Å². The van der Waals surface area contributed by atoms with Gasteiger partial charge >= 0.3 is 0 Å². The van der Waals surface area contributed by atoms with Crippen LogP contribution in [0, 0.1) is 5.92 Å². The van der Waals surface area contributed by atoms with Gasteiger partial charge in [0, 0.05) is 36.3 Å². The lowest BCUT2D eigenvalue weighted by atomic mass is 9.93. The van der Waals surface area contributed by atoms with E-state index in [4.69, 9.17) is 4.98 Å². The van der Waals surface area contributed by atoms with E-state index in [0.717, 1.165) is 43.5 Å². The molecule has 0 unspecified atom stereocenters. The van der Waals surface area contributed by atoms with E-state index in [1.54, 1.807) is 0 Å². The number of piperidine rings is 1. The molecule has 1 N–H and O–H groups in total. The minimum absolute atomic E-state index is 0.821. The Labute approximate surface area is 154 Å². The second kappa shape index (κ2) is 6.84. The summed E-state index contributed by atoms with van der Waals surface area (Å²) < 4.78 is 2.42. The Morgan fingerprint density at radius 1 is 1.15 bits per heavy atom. The highest BCUT2D eigenvalue weighted by atomic mass is 15.0. The van der Waals surface area contributed by atoms with Gasteiger partial charge in [-0.25, -0.2) is 9.97 Å². The van der Waals surface area contributed by atoms with Gasteiger partial charge in [0.25, 0.3) is 0 Å². The highest BCUT2D eigenvalue weighted by Gasteiger charge is 2.18. The smallest absolute Gasteiger partial charge is 0.128 e. The largest absolute Gasteiger partial charge is 0.347 e. The van der Waals surface area contributed by atoms with E-state index in [9.17, 15) is 0 Å². The van der Waals surface area contributed by atoms with Gasteiger partial charge in [0.1, 0.15) is 5.82 Å². The molecule has 26 heavy (non-hydrogen) atoms. The van der Waals surface area contributed by atoms with Crippen molar-refractivity contribution in [3.63, 3.8) is 0 Å². The van der Waals surface area contributed by atoms with Crippen LogP contribution >= 0.6 is 0 Å². The molecular formula is C22H26N4. The van der Waals surface area contributed by atoms with Crippen LogP contribution in [0.25, 0.3) is 22.2 Å². The summed E-state index contributed by atoms with van der Waals surface area (Å²) in [7, 11) is 0. The fourth-order valence-electron chi connectivity index (χ4n) is 4.63. The predicted molar refractivity (Wildman–Crippen MR) is 105 cm³/mol. The van der Waals surface area contributed by atoms with Crippen LogP contribution in [0.15, 0.2) is 36.7 Å². The highest BCUT2D eigenvalue weighted by Crippen LogP contribution is 2.34. The van der Waals surface area contributed by atoms with Crippen molar-refractivity contribution in [2.45, 2.75) is 45.1 Å². The molecule has 0 aliphatic carbocycles. The quantitative estimate of drug-likeness (QED) is 0.777. The Balaban J connectivity index is 1.44. The molecular weight excluding hydrogens is 320 g/mol. The predicted octanol–water partition coefficient (Wildman–Crippen LogP) is 3.98. The van der Waals surface area contributed by atoms with Crippen molar-refractivity contribution < 1.29 is 0 Å². The van der Waals surface area contributed by atoms with E-state index in [1.807, 2.05) is 6.20 Å². The van der Waals surface area contributed by atoms with Gasteiger partial charge in [-0.2, -0.15) is 0 Å². The monoisotopic (exact) mass is 346 g/mol. The molecule has 1 fully saturated rings. The molecule has 4 nitrogen and oxygen atoms in total. The summed E-state index contributed by atoms with van der Waals surface area (Å²) in [6, 6.07) is 8.77. The molecule has 0 bridgehead atoms. The van der Waals surface area contributed by atoms with Crippen molar-refractivity contribution in [2.75, 3.05) is 13.1 Å². The fraction of sp³-hybridized carbons (Fsp3) is 0.455. The van der Waals surface area contributed by atoms with Crippen LogP contribution < -0.4 is 5.32 Å². The first-order valence-electron chi connectivity index (χ1n) is 10.0. The molecule has 1 saturated heterocycles. The zero-order valence-electron chi connectivity index (χ0n) is 15.2. The molecule has 2 aliphatic rings. The maximum absolute atomic E-state index is 4.94. The molecule has 0 radical (unpaired) electrons. The van der Waals surface area contributed by atoms with Crippen LogP contribution in [0.5, 0.6) is 0 Å². The summed E-state index contributed by atoms with van der Waals surface area (Å²) >= 11 is 0. The van der Waals surface area contributed by atoms with Gasteiger partial charge in [-0.1, -0.05) is 18.2 Å². The van der Waals surface area contributed by atoms with Crippen molar-refractivity contribution in [3.8, 4) is 11.3 Å². The molecule has 0 atom stereocenters. The Kier molecular flexibility index (Phi) is 4.21. The highest BCUT2D eigenvalue weighted by molar-refractivity contribution is 5.97. The van der Waals surface area contributed by atoms with E-state index in [0.29, 0.717) is 0 Å². The van der Waals surface area contributed by atoms with Crippen LogP contribution in [0.3, 0.4) is 0 Å². The van der Waals surface area contributed by atoms with E-state index in [-0.39, 0.29) is 0 Å². The molecule has 0 spiro atoms. The van der Waals surface area contributed by atoms with E-state index >= 15 is 0 Å². The van der Waals surface area contributed by atoms with Crippen molar-refractivity contribution in [1.82, 2.24) is 19.9 Å². The van der Waals surface area contributed by atoms with Crippen molar-refractivity contribution in [2.24, 2.45) is 5.92 Å². The third-order valence-electron chi connectivity index (χ3n) is 6.04. The van der Waals surface area contributed by atoms with Gasteiger partial charge in [-0.3, -0.25) is 0 Å². The van der Waals surface area contributed by atoms with Gasteiger partial charge in [0.15, 0.2) is 0 Å². The first-order valence-corrected chi connectivity index (χ1v) is 10.0. The lowest BCUT2D eigenvalue weighted by Gasteiger charge is -2.22. The second-order valence-corrected chi connectivity index (χ2v) is 7.74. The van der Waals surface area contributed by atoms with Gasteiger partial charge in [0.2, 0.25) is 0 Å². The number of nitrogens with one attached hydrogen (secondary N) is 1. The van der Waals surface area contributed by atoms with Gasteiger partial charge in [0.05, 0.1) is 11.2 Å². The van der Waals surface area contributed by atoms with Crippen LogP contribution in [0.4, 0.5) is 0 Å². The number of benzene rings is 1.